The van der Waals surface area contributed by atoms with Crippen LogP contribution in [0.1, 0.15) is 62.4 Å². The summed E-state index contributed by atoms with van der Waals surface area (Å²) in [7, 11) is 0. The molecule has 0 spiro atoms. The van der Waals surface area contributed by atoms with Gasteiger partial charge in [-0.1, -0.05) is 31.3 Å². The first-order chi connectivity index (χ1) is 9.73. The standard InChI is InChI=1S/C14H23N3OS2/c1-2-10-11(20-9-8-19-10)12-16-13(18-17-12)14(15)6-4-3-5-7-14/h10-11H,2-9,15H2,1H3. The van der Waals surface area contributed by atoms with E-state index < -0.39 is 0 Å². The molecule has 1 aromatic rings. The molecule has 0 aromatic carbocycles. The molecule has 0 bridgehead atoms. The maximum atomic E-state index is 6.48. The molecule has 2 fully saturated rings. The Hall–Kier alpha value is -0.200. The third-order valence-corrected chi connectivity index (χ3v) is 7.56. The van der Waals surface area contributed by atoms with Crippen LogP contribution in [0.4, 0.5) is 0 Å². The van der Waals surface area contributed by atoms with E-state index in [4.69, 9.17) is 15.2 Å². The Bertz CT molecular complexity index is 445. The van der Waals surface area contributed by atoms with Gasteiger partial charge in [-0.05, 0) is 19.3 Å². The first-order valence-electron chi connectivity index (χ1n) is 7.59. The number of hydrogen-bond donors (Lipinski definition) is 1. The fourth-order valence-electron chi connectivity index (χ4n) is 3.09. The zero-order valence-electron chi connectivity index (χ0n) is 12.0. The zero-order valence-corrected chi connectivity index (χ0v) is 13.6. The van der Waals surface area contributed by atoms with Gasteiger partial charge in [-0.15, -0.1) is 11.8 Å². The van der Waals surface area contributed by atoms with Crippen molar-refractivity contribution in [2.24, 2.45) is 5.73 Å². The van der Waals surface area contributed by atoms with Crippen molar-refractivity contribution in [1.29, 1.82) is 0 Å². The van der Waals surface area contributed by atoms with Crippen LogP contribution in [0, 0.1) is 0 Å². The van der Waals surface area contributed by atoms with Crippen molar-refractivity contribution in [3.8, 4) is 0 Å². The molecule has 112 valence electrons. The van der Waals surface area contributed by atoms with E-state index in [9.17, 15) is 0 Å². The van der Waals surface area contributed by atoms with Crippen LogP contribution in [0.25, 0.3) is 0 Å². The maximum absolute atomic E-state index is 6.48. The number of nitrogens with zero attached hydrogens (tertiary/aromatic N) is 2. The number of rotatable bonds is 3. The highest BCUT2D eigenvalue weighted by Gasteiger charge is 2.37. The van der Waals surface area contributed by atoms with Crippen molar-refractivity contribution >= 4 is 23.5 Å². The van der Waals surface area contributed by atoms with Crippen molar-refractivity contribution in [3.63, 3.8) is 0 Å². The smallest absolute Gasteiger partial charge is 0.246 e. The van der Waals surface area contributed by atoms with Gasteiger partial charge in [0.15, 0.2) is 5.82 Å². The van der Waals surface area contributed by atoms with Crippen LogP contribution in [0.2, 0.25) is 0 Å². The van der Waals surface area contributed by atoms with E-state index >= 15 is 0 Å². The number of nitrogens with two attached hydrogens (primary N) is 1. The van der Waals surface area contributed by atoms with Gasteiger partial charge in [0.1, 0.15) is 0 Å². The van der Waals surface area contributed by atoms with Crippen LogP contribution < -0.4 is 5.73 Å². The molecule has 1 aromatic heterocycles. The number of hydrogen-bond acceptors (Lipinski definition) is 6. The monoisotopic (exact) mass is 313 g/mol. The molecule has 0 radical (unpaired) electrons. The third kappa shape index (κ3) is 2.88. The molecule has 1 saturated carbocycles. The topological polar surface area (TPSA) is 64.9 Å². The van der Waals surface area contributed by atoms with E-state index in [1.807, 2.05) is 23.5 Å². The molecule has 2 aliphatic rings. The minimum Gasteiger partial charge on any atom is -0.337 e. The summed E-state index contributed by atoms with van der Waals surface area (Å²) in [6.07, 6.45) is 6.70. The van der Waals surface area contributed by atoms with Crippen molar-refractivity contribution < 1.29 is 4.52 Å². The van der Waals surface area contributed by atoms with Crippen molar-refractivity contribution in [2.45, 2.75) is 61.5 Å². The highest BCUT2D eigenvalue weighted by atomic mass is 32.2. The van der Waals surface area contributed by atoms with E-state index in [0.29, 0.717) is 16.4 Å². The second-order valence-corrected chi connectivity index (χ2v) is 8.38. The predicted molar refractivity (Wildman–Crippen MR) is 85.0 cm³/mol. The average Bonchev–Trinajstić information content (AvgIpc) is 2.98. The Kier molecular flexibility index (Phi) is 4.62. The van der Waals surface area contributed by atoms with E-state index in [1.165, 1.54) is 30.8 Å². The Balaban J connectivity index is 1.78. The van der Waals surface area contributed by atoms with Crippen LogP contribution in [0.5, 0.6) is 0 Å². The van der Waals surface area contributed by atoms with Gasteiger partial charge in [0.25, 0.3) is 0 Å². The lowest BCUT2D eigenvalue weighted by Gasteiger charge is -2.29. The Morgan fingerprint density at radius 2 is 2.00 bits per heavy atom. The van der Waals surface area contributed by atoms with Crippen LogP contribution >= 0.6 is 23.5 Å². The third-order valence-electron chi connectivity index (χ3n) is 4.32. The summed E-state index contributed by atoms with van der Waals surface area (Å²) in [5.74, 6) is 3.92. The summed E-state index contributed by atoms with van der Waals surface area (Å²) in [5.41, 5.74) is 6.10. The molecular weight excluding hydrogens is 290 g/mol. The maximum Gasteiger partial charge on any atom is 0.246 e. The molecule has 0 amide bonds. The minimum absolute atomic E-state index is 0.364. The Morgan fingerprint density at radius 1 is 1.25 bits per heavy atom. The van der Waals surface area contributed by atoms with E-state index in [-0.39, 0.29) is 5.54 Å². The van der Waals surface area contributed by atoms with Crippen LogP contribution in [-0.2, 0) is 5.54 Å². The van der Waals surface area contributed by atoms with Crippen molar-refractivity contribution in [2.75, 3.05) is 11.5 Å². The van der Waals surface area contributed by atoms with Gasteiger partial charge in [0, 0.05) is 16.8 Å². The summed E-state index contributed by atoms with van der Waals surface area (Å²) in [6, 6.07) is 0. The molecule has 1 aliphatic heterocycles. The Labute approximate surface area is 129 Å². The Morgan fingerprint density at radius 3 is 2.75 bits per heavy atom. The quantitative estimate of drug-likeness (QED) is 0.921. The van der Waals surface area contributed by atoms with Gasteiger partial charge < -0.3 is 10.3 Å². The van der Waals surface area contributed by atoms with E-state index in [0.717, 1.165) is 25.1 Å². The molecule has 1 aliphatic carbocycles. The first-order valence-corrected chi connectivity index (χ1v) is 9.69. The molecule has 20 heavy (non-hydrogen) atoms. The zero-order chi connectivity index (χ0) is 14.0. The molecule has 6 heteroatoms. The highest BCUT2D eigenvalue weighted by Crippen LogP contribution is 2.43. The average molecular weight is 313 g/mol. The molecule has 2 atom stereocenters. The number of thioether (sulfide) groups is 2. The molecule has 2 heterocycles. The SMILES string of the molecule is CCC1SCCSC1c1noc(C2(N)CCCCC2)n1. The second-order valence-electron chi connectivity index (χ2n) is 5.78. The van der Waals surface area contributed by atoms with Gasteiger partial charge in [-0.25, -0.2) is 0 Å². The molecule has 1 saturated heterocycles. The number of aromatic nitrogens is 2. The molecule has 2 unspecified atom stereocenters. The van der Waals surface area contributed by atoms with Gasteiger partial charge >= 0.3 is 0 Å². The molecular formula is C14H23N3OS2. The molecule has 4 nitrogen and oxygen atoms in total. The minimum atomic E-state index is -0.377. The summed E-state index contributed by atoms with van der Waals surface area (Å²) >= 11 is 4.00. The van der Waals surface area contributed by atoms with Gasteiger partial charge in [0.2, 0.25) is 5.89 Å². The fourth-order valence-corrected chi connectivity index (χ4v) is 6.07. The van der Waals surface area contributed by atoms with Gasteiger partial charge in [-0.2, -0.15) is 16.7 Å². The van der Waals surface area contributed by atoms with Crippen molar-refractivity contribution in [1.82, 2.24) is 10.1 Å². The summed E-state index contributed by atoms with van der Waals surface area (Å²) < 4.78 is 5.54. The van der Waals surface area contributed by atoms with Crippen LogP contribution in [-0.4, -0.2) is 26.9 Å². The largest absolute Gasteiger partial charge is 0.337 e. The second kappa shape index (κ2) is 6.28. The van der Waals surface area contributed by atoms with Gasteiger partial charge in [-0.3, -0.25) is 0 Å². The molecule has 2 N–H and O–H groups in total. The van der Waals surface area contributed by atoms with Crippen LogP contribution in [0.15, 0.2) is 4.52 Å². The lowest BCUT2D eigenvalue weighted by Crippen LogP contribution is -2.39. The van der Waals surface area contributed by atoms with Crippen LogP contribution in [0.3, 0.4) is 0 Å². The van der Waals surface area contributed by atoms with E-state index in [1.54, 1.807) is 0 Å². The normalized spacial score (nSPS) is 30.3. The summed E-state index contributed by atoms with van der Waals surface area (Å²) in [5, 5.41) is 5.22. The van der Waals surface area contributed by atoms with Gasteiger partial charge in [0.05, 0.1) is 10.8 Å². The lowest BCUT2D eigenvalue weighted by molar-refractivity contribution is 0.219. The molecule has 3 rings (SSSR count). The highest BCUT2D eigenvalue weighted by molar-refractivity contribution is 8.06. The lowest BCUT2D eigenvalue weighted by atomic mass is 9.82. The first kappa shape index (κ1) is 14.7. The fraction of sp³-hybridized carbons (Fsp3) is 0.857. The summed E-state index contributed by atoms with van der Waals surface area (Å²) in [4.78, 5) is 4.69. The van der Waals surface area contributed by atoms with Crippen molar-refractivity contribution in [3.05, 3.63) is 11.7 Å². The predicted octanol–water partition coefficient (Wildman–Crippen LogP) is 3.49. The van der Waals surface area contributed by atoms with E-state index in [2.05, 4.69) is 12.1 Å². The summed E-state index contributed by atoms with van der Waals surface area (Å²) in [6.45, 7) is 2.24.